The summed E-state index contributed by atoms with van der Waals surface area (Å²) in [5, 5.41) is 32.2. The molecule has 0 aliphatic carbocycles. The maximum absolute atomic E-state index is 13.8. The molecule has 0 bridgehead atoms. The van der Waals surface area contributed by atoms with E-state index < -0.39 is 33.6 Å². The highest BCUT2D eigenvalue weighted by Crippen LogP contribution is 2.27. The standard InChI is InChI=1S/C12H13FN2O6/c13-8-4-10(15(19)20)7(11(16)17)3-9(8)14-5-12(18)1-2-21-6-12/h3-4,14,18H,1-2,5-6H2,(H,16,17). The molecule has 1 aliphatic heterocycles. The number of hydrogen-bond donors (Lipinski definition) is 3. The number of carboxylic acids is 1. The normalized spacial score (nSPS) is 21.2. The van der Waals surface area contributed by atoms with Gasteiger partial charge < -0.3 is 20.3 Å². The Morgan fingerprint density at radius 3 is 2.81 bits per heavy atom. The van der Waals surface area contributed by atoms with E-state index in [1.165, 1.54) is 0 Å². The Balaban J connectivity index is 2.25. The van der Waals surface area contributed by atoms with Crippen molar-refractivity contribution in [3.63, 3.8) is 0 Å². The number of rotatable bonds is 5. The van der Waals surface area contributed by atoms with Crippen molar-refractivity contribution in [2.45, 2.75) is 12.0 Å². The van der Waals surface area contributed by atoms with Crippen molar-refractivity contribution in [3.8, 4) is 0 Å². The quantitative estimate of drug-likeness (QED) is 0.547. The number of nitrogens with one attached hydrogen (secondary N) is 1. The first-order valence-corrected chi connectivity index (χ1v) is 6.08. The molecule has 1 unspecified atom stereocenters. The molecule has 0 radical (unpaired) electrons. The van der Waals surface area contributed by atoms with Gasteiger partial charge in [-0.2, -0.15) is 0 Å². The van der Waals surface area contributed by atoms with Gasteiger partial charge in [0.2, 0.25) is 0 Å². The largest absolute Gasteiger partial charge is 0.477 e. The van der Waals surface area contributed by atoms with E-state index >= 15 is 0 Å². The van der Waals surface area contributed by atoms with Crippen molar-refractivity contribution >= 4 is 17.3 Å². The second kappa shape index (κ2) is 5.62. The fourth-order valence-electron chi connectivity index (χ4n) is 2.02. The van der Waals surface area contributed by atoms with Gasteiger partial charge >= 0.3 is 5.97 Å². The van der Waals surface area contributed by atoms with Gasteiger partial charge in [-0.1, -0.05) is 0 Å². The molecule has 0 amide bonds. The van der Waals surface area contributed by atoms with E-state index in [2.05, 4.69) is 5.32 Å². The van der Waals surface area contributed by atoms with E-state index in [0.717, 1.165) is 6.07 Å². The van der Waals surface area contributed by atoms with Crippen LogP contribution in [0.25, 0.3) is 0 Å². The lowest BCUT2D eigenvalue weighted by molar-refractivity contribution is -0.385. The van der Waals surface area contributed by atoms with Gasteiger partial charge in [0.05, 0.1) is 23.3 Å². The van der Waals surface area contributed by atoms with Crippen molar-refractivity contribution in [2.24, 2.45) is 0 Å². The van der Waals surface area contributed by atoms with Gasteiger partial charge in [0, 0.05) is 19.6 Å². The van der Waals surface area contributed by atoms with Crippen LogP contribution >= 0.6 is 0 Å². The van der Waals surface area contributed by atoms with Gasteiger partial charge in [0.25, 0.3) is 5.69 Å². The highest BCUT2D eigenvalue weighted by Gasteiger charge is 2.32. The van der Waals surface area contributed by atoms with Crippen LogP contribution in [0, 0.1) is 15.9 Å². The Morgan fingerprint density at radius 2 is 2.29 bits per heavy atom. The number of benzene rings is 1. The summed E-state index contributed by atoms with van der Waals surface area (Å²) in [6.07, 6.45) is 0.361. The number of aromatic carboxylic acids is 1. The summed E-state index contributed by atoms with van der Waals surface area (Å²) in [4.78, 5) is 20.7. The zero-order valence-electron chi connectivity index (χ0n) is 10.8. The number of aliphatic hydroxyl groups is 1. The number of ether oxygens (including phenoxy) is 1. The van der Waals surface area contributed by atoms with Gasteiger partial charge in [0.1, 0.15) is 11.2 Å². The van der Waals surface area contributed by atoms with Crippen LogP contribution in [-0.4, -0.2) is 46.5 Å². The molecule has 2 rings (SSSR count). The summed E-state index contributed by atoms with van der Waals surface area (Å²) in [5.74, 6) is -2.50. The topological polar surface area (TPSA) is 122 Å². The molecule has 1 saturated heterocycles. The van der Waals surface area contributed by atoms with E-state index in [0.29, 0.717) is 19.1 Å². The predicted molar refractivity (Wildman–Crippen MR) is 68.9 cm³/mol. The molecule has 3 N–H and O–H groups in total. The summed E-state index contributed by atoms with van der Waals surface area (Å²) in [7, 11) is 0. The van der Waals surface area contributed by atoms with Gasteiger partial charge in [0.15, 0.2) is 5.82 Å². The van der Waals surface area contributed by atoms with Gasteiger partial charge in [-0.15, -0.1) is 0 Å². The minimum Gasteiger partial charge on any atom is -0.477 e. The van der Waals surface area contributed by atoms with Crippen molar-refractivity contribution in [2.75, 3.05) is 25.1 Å². The summed E-state index contributed by atoms with van der Waals surface area (Å²) < 4.78 is 18.8. The van der Waals surface area contributed by atoms with E-state index in [1.807, 2.05) is 0 Å². The molecule has 21 heavy (non-hydrogen) atoms. The molecule has 1 fully saturated rings. The summed E-state index contributed by atoms with van der Waals surface area (Å²) in [6.45, 7) is 0.405. The number of hydrogen-bond acceptors (Lipinski definition) is 6. The number of nitro groups is 1. The molecule has 1 heterocycles. The number of carbonyl (C=O) groups is 1. The fraction of sp³-hybridized carbons (Fsp3) is 0.417. The monoisotopic (exact) mass is 300 g/mol. The van der Waals surface area contributed by atoms with Crippen LogP contribution in [0.2, 0.25) is 0 Å². The minimum atomic E-state index is -1.53. The molecular weight excluding hydrogens is 287 g/mol. The van der Waals surface area contributed by atoms with Crippen LogP contribution in [0.3, 0.4) is 0 Å². The number of halogens is 1. The molecule has 1 atom stereocenters. The average Bonchev–Trinajstić information content (AvgIpc) is 2.84. The molecule has 0 saturated carbocycles. The van der Waals surface area contributed by atoms with Crippen LogP contribution < -0.4 is 5.32 Å². The van der Waals surface area contributed by atoms with Crippen LogP contribution in [0.15, 0.2) is 12.1 Å². The third kappa shape index (κ3) is 3.26. The highest BCUT2D eigenvalue weighted by molar-refractivity contribution is 5.93. The van der Waals surface area contributed by atoms with Gasteiger partial charge in [-0.3, -0.25) is 10.1 Å². The summed E-state index contributed by atoms with van der Waals surface area (Å²) in [5.41, 5.74) is -2.84. The maximum Gasteiger partial charge on any atom is 0.342 e. The maximum atomic E-state index is 13.8. The average molecular weight is 300 g/mol. The summed E-state index contributed by atoms with van der Waals surface area (Å²) >= 11 is 0. The number of nitro benzene ring substituents is 1. The lowest BCUT2D eigenvalue weighted by Crippen LogP contribution is -2.37. The van der Waals surface area contributed by atoms with Crippen LogP contribution in [0.4, 0.5) is 15.8 Å². The zero-order valence-corrected chi connectivity index (χ0v) is 10.8. The van der Waals surface area contributed by atoms with Crippen LogP contribution in [-0.2, 0) is 4.74 Å². The molecule has 0 spiro atoms. The predicted octanol–water partition coefficient (Wildman–Crippen LogP) is 0.995. The lowest BCUT2D eigenvalue weighted by Gasteiger charge is -2.21. The Labute approximate surface area is 118 Å². The first-order valence-electron chi connectivity index (χ1n) is 6.08. The third-order valence-corrected chi connectivity index (χ3v) is 3.20. The molecule has 8 nitrogen and oxygen atoms in total. The van der Waals surface area contributed by atoms with Crippen molar-refractivity contribution < 1.29 is 29.1 Å². The van der Waals surface area contributed by atoms with Crippen LogP contribution in [0.5, 0.6) is 0 Å². The Morgan fingerprint density at radius 1 is 1.57 bits per heavy atom. The SMILES string of the molecule is O=C(O)c1cc(NCC2(O)CCOC2)c(F)cc1[N+](=O)[O-]. The second-order valence-corrected chi connectivity index (χ2v) is 4.79. The van der Waals surface area contributed by atoms with Crippen molar-refractivity contribution in [1.29, 1.82) is 0 Å². The lowest BCUT2D eigenvalue weighted by atomic mass is 10.0. The fourth-order valence-corrected chi connectivity index (χ4v) is 2.02. The third-order valence-electron chi connectivity index (χ3n) is 3.20. The Kier molecular flexibility index (Phi) is 4.05. The molecule has 0 aromatic heterocycles. The van der Waals surface area contributed by atoms with E-state index in [9.17, 15) is 24.4 Å². The smallest absolute Gasteiger partial charge is 0.342 e. The summed E-state index contributed by atoms with van der Waals surface area (Å²) in [6, 6.07) is 1.38. The van der Waals surface area contributed by atoms with Gasteiger partial charge in [-0.25, -0.2) is 9.18 Å². The molecule has 1 aromatic carbocycles. The first-order chi connectivity index (χ1) is 9.82. The van der Waals surface area contributed by atoms with Crippen molar-refractivity contribution in [3.05, 3.63) is 33.6 Å². The first kappa shape index (κ1) is 15.1. The number of carboxylic acid groups (broad SMARTS) is 1. The van der Waals surface area contributed by atoms with E-state index in [-0.39, 0.29) is 18.8 Å². The highest BCUT2D eigenvalue weighted by atomic mass is 19.1. The minimum absolute atomic E-state index is 0.0548. The van der Waals surface area contributed by atoms with Crippen molar-refractivity contribution in [1.82, 2.24) is 0 Å². The molecule has 114 valence electrons. The zero-order chi connectivity index (χ0) is 15.6. The Hall–Kier alpha value is -2.26. The van der Waals surface area contributed by atoms with E-state index in [4.69, 9.17) is 9.84 Å². The number of nitrogens with zero attached hydrogens (tertiary/aromatic N) is 1. The second-order valence-electron chi connectivity index (χ2n) is 4.79. The van der Waals surface area contributed by atoms with Gasteiger partial charge in [-0.05, 0) is 6.07 Å². The number of anilines is 1. The Bertz CT molecular complexity index is 585. The van der Waals surface area contributed by atoms with E-state index in [1.54, 1.807) is 0 Å². The van der Waals surface area contributed by atoms with Crippen LogP contribution in [0.1, 0.15) is 16.8 Å². The molecule has 1 aliphatic rings. The molecule has 1 aromatic rings. The molecular formula is C12H13FN2O6. The molecule has 9 heteroatoms.